The molecule has 0 bridgehead atoms. The van der Waals surface area contributed by atoms with Gasteiger partial charge in [0.2, 0.25) is 0 Å². The molecule has 15 heavy (non-hydrogen) atoms. The highest BCUT2D eigenvalue weighted by atomic mass is 28.4. The van der Waals surface area contributed by atoms with Gasteiger partial charge in [-0.25, -0.2) is 0 Å². The summed E-state index contributed by atoms with van der Waals surface area (Å²) in [7, 11) is 2.35. The van der Waals surface area contributed by atoms with Crippen LogP contribution in [0.2, 0.25) is 25.2 Å². The molecule has 0 heterocycles. The van der Waals surface area contributed by atoms with Gasteiger partial charge in [0.1, 0.15) is 0 Å². The zero-order valence-corrected chi connectivity index (χ0v) is 13.1. The summed E-state index contributed by atoms with van der Waals surface area (Å²) in [6.07, 6.45) is 2.56. The SMILES string of the molecule is CNCCC[SiH](C)O[SiH](C)CCCNC. The minimum absolute atomic E-state index is 0.842. The van der Waals surface area contributed by atoms with Gasteiger partial charge in [-0.15, -0.1) is 0 Å². The smallest absolute Gasteiger partial charge is 0.159 e. The van der Waals surface area contributed by atoms with Crippen LogP contribution in [-0.2, 0) is 4.12 Å². The average Bonchev–Trinajstić information content (AvgIpc) is 2.18. The van der Waals surface area contributed by atoms with E-state index in [-0.39, 0.29) is 0 Å². The minimum Gasteiger partial charge on any atom is -0.460 e. The Hall–Kier alpha value is 0.314. The van der Waals surface area contributed by atoms with E-state index in [0.717, 1.165) is 13.1 Å². The van der Waals surface area contributed by atoms with Gasteiger partial charge >= 0.3 is 0 Å². The van der Waals surface area contributed by atoms with Crippen molar-refractivity contribution in [2.24, 2.45) is 0 Å². The summed E-state index contributed by atoms with van der Waals surface area (Å²) in [5.74, 6) is 0. The molecule has 92 valence electrons. The molecule has 3 nitrogen and oxygen atoms in total. The van der Waals surface area contributed by atoms with Crippen molar-refractivity contribution in [3.8, 4) is 0 Å². The summed E-state index contributed by atoms with van der Waals surface area (Å²) < 4.78 is 6.17. The highest BCUT2D eigenvalue weighted by Crippen LogP contribution is 2.05. The predicted molar refractivity (Wildman–Crippen MR) is 73.8 cm³/mol. The van der Waals surface area contributed by atoms with Gasteiger partial charge in [0, 0.05) is 0 Å². The van der Waals surface area contributed by atoms with Crippen LogP contribution >= 0.6 is 0 Å². The summed E-state index contributed by atoms with van der Waals surface area (Å²) in [5, 5.41) is 6.38. The molecule has 2 unspecified atom stereocenters. The van der Waals surface area contributed by atoms with Crippen molar-refractivity contribution in [1.82, 2.24) is 10.6 Å². The molecule has 0 fully saturated rings. The zero-order chi connectivity index (χ0) is 11.5. The Morgan fingerprint density at radius 2 is 1.27 bits per heavy atom. The third-order valence-electron chi connectivity index (χ3n) is 2.54. The molecule has 0 aromatic carbocycles. The van der Waals surface area contributed by atoms with Crippen molar-refractivity contribution >= 4 is 18.1 Å². The Bertz CT molecular complexity index is 125. The highest BCUT2D eigenvalue weighted by Gasteiger charge is 2.10. The van der Waals surface area contributed by atoms with E-state index < -0.39 is 18.1 Å². The fourth-order valence-electron chi connectivity index (χ4n) is 1.67. The summed E-state index contributed by atoms with van der Waals surface area (Å²) in [6, 6.07) is 2.65. The van der Waals surface area contributed by atoms with Gasteiger partial charge in [-0.05, 0) is 65.2 Å². The number of hydrogen-bond donors (Lipinski definition) is 2. The van der Waals surface area contributed by atoms with Crippen LogP contribution in [0.25, 0.3) is 0 Å². The zero-order valence-electron chi connectivity index (χ0n) is 10.8. The molecule has 0 rings (SSSR count). The van der Waals surface area contributed by atoms with Crippen LogP contribution in [0.4, 0.5) is 0 Å². The molecule has 0 saturated heterocycles. The molecule has 0 radical (unpaired) electrons. The van der Waals surface area contributed by atoms with Crippen LogP contribution in [0, 0.1) is 0 Å². The minimum atomic E-state index is -0.842. The Morgan fingerprint density at radius 1 is 0.867 bits per heavy atom. The van der Waals surface area contributed by atoms with E-state index in [1.165, 1.54) is 24.9 Å². The lowest BCUT2D eigenvalue weighted by atomic mass is 10.5. The van der Waals surface area contributed by atoms with Crippen LogP contribution in [0.5, 0.6) is 0 Å². The van der Waals surface area contributed by atoms with Crippen molar-refractivity contribution in [2.75, 3.05) is 27.2 Å². The van der Waals surface area contributed by atoms with Crippen LogP contribution < -0.4 is 10.6 Å². The monoisotopic (exact) mass is 248 g/mol. The van der Waals surface area contributed by atoms with Gasteiger partial charge < -0.3 is 14.7 Å². The van der Waals surface area contributed by atoms with Gasteiger partial charge in [0.15, 0.2) is 18.1 Å². The summed E-state index contributed by atoms with van der Waals surface area (Å²) in [5.41, 5.74) is 0. The summed E-state index contributed by atoms with van der Waals surface area (Å²) in [4.78, 5) is 0. The Balaban J connectivity index is 3.35. The molecule has 0 aliphatic carbocycles. The van der Waals surface area contributed by atoms with E-state index in [9.17, 15) is 0 Å². The fourth-order valence-corrected chi connectivity index (χ4v) is 7.48. The molecule has 2 N–H and O–H groups in total. The molecule has 2 atom stereocenters. The molecular formula is C10H28N2OSi2. The molecule has 0 aliphatic heterocycles. The molecule has 0 aromatic rings. The van der Waals surface area contributed by atoms with E-state index in [1.54, 1.807) is 0 Å². The Labute approximate surface area is 98.4 Å². The van der Waals surface area contributed by atoms with Crippen molar-refractivity contribution in [3.05, 3.63) is 0 Å². The molecule has 0 saturated carbocycles. The second-order valence-corrected chi connectivity index (χ2v) is 9.73. The molecule has 0 aromatic heterocycles. The third kappa shape index (κ3) is 10.6. The maximum Gasteiger partial charge on any atom is 0.159 e. The maximum atomic E-state index is 6.17. The second-order valence-electron chi connectivity index (χ2n) is 4.25. The van der Waals surface area contributed by atoms with Crippen molar-refractivity contribution in [1.29, 1.82) is 0 Å². The first-order valence-electron chi connectivity index (χ1n) is 6.15. The van der Waals surface area contributed by atoms with Gasteiger partial charge in [-0.3, -0.25) is 0 Å². The lowest BCUT2D eigenvalue weighted by molar-refractivity contribution is 0.575. The van der Waals surface area contributed by atoms with Gasteiger partial charge in [-0.1, -0.05) is 0 Å². The lowest BCUT2D eigenvalue weighted by Crippen LogP contribution is -2.25. The van der Waals surface area contributed by atoms with Gasteiger partial charge in [0.05, 0.1) is 0 Å². The van der Waals surface area contributed by atoms with Crippen LogP contribution in [0.15, 0.2) is 0 Å². The molecule has 5 heteroatoms. The largest absolute Gasteiger partial charge is 0.460 e. The van der Waals surface area contributed by atoms with Crippen molar-refractivity contribution in [2.45, 2.75) is 38.0 Å². The van der Waals surface area contributed by atoms with Crippen molar-refractivity contribution < 1.29 is 4.12 Å². The van der Waals surface area contributed by atoms with Gasteiger partial charge in [-0.2, -0.15) is 0 Å². The highest BCUT2D eigenvalue weighted by molar-refractivity contribution is 6.64. The van der Waals surface area contributed by atoms with Crippen LogP contribution in [0.3, 0.4) is 0 Å². The number of rotatable bonds is 10. The third-order valence-corrected chi connectivity index (χ3v) is 8.70. The number of hydrogen-bond acceptors (Lipinski definition) is 3. The first kappa shape index (κ1) is 15.3. The quantitative estimate of drug-likeness (QED) is 0.446. The molecular weight excluding hydrogens is 220 g/mol. The first-order valence-corrected chi connectivity index (χ1v) is 11.0. The van der Waals surface area contributed by atoms with Crippen LogP contribution in [-0.4, -0.2) is 45.3 Å². The Kier molecular flexibility index (Phi) is 11.0. The molecule has 0 spiro atoms. The second kappa shape index (κ2) is 10.8. The Morgan fingerprint density at radius 3 is 1.60 bits per heavy atom. The van der Waals surface area contributed by atoms with Gasteiger partial charge in [0.25, 0.3) is 0 Å². The summed E-state index contributed by atoms with van der Waals surface area (Å²) >= 11 is 0. The summed E-state index contributed by atoms with van der Waals surface area (Å²) in [6.45, 7) is 6.96. The molecule has 0 aliphatic rings. The van der Waals surface area contributed by atoms with E-state index in [1.807, 2.05) is 14.1 Å². The fraction of sp³-hybridized carbons (Fsp3) is 1.00. The van der Waals surface area contributed by atoms with E-state index in [2.05, 4.69) is 23.7 Å². The van der Waals surface area contributed by atoms with E-state index in [4.69, 9.17) is 4.12 Å². The van der Waals surface area contributed by atoms with E-state index in [0.29, 0.717) is 0 Å². The standard InChI is InChI=1S/C10H28N2OSi2/c1-11-7-5-9-14(3)13-15(4)10-6-8-12-2/h11-12,14-15H,5-10H2,1-4H3. The first-order chi connectivity index (χ1) is 7.20. The average molecular weight is 249 g/mol. The number of nitrogens with one attached hydrogen (secondary N) is 2. The molecule has 0 amide bonds. The van der Waals surface area contributed by atoms with Crippen LogP contribution in [0.1, 0.15) is 12.8 Å². The predicted octanol–water partition coefficient (Wildman–Crippen LogP) is 0.929. The topological polar surface area (TPSA) is 33.3 Å². The lowest BCUT2D eigenvalue weighted by Gasteiger charge is -2.17. The van der Waals surface area contributed by atoms with Crippen molar-refractivity contribution in [3.63, 3.8) is 0 Å². The normalized spacial score (nSPS) is 15.2. The van der Waals surface area contributed by atoms with E-state index >= 15 is 0 Å². The maximum absolute atomic E-state index is 6.17.